The Morgan fingerprint density at radius 2 is 1.75 bits per heavy atom. The molecule has 0 spiro atoms. The number of benzene rings is 3. The van der Waals surface area contributed by atoms with E-state index in [4.69, 9.17) is 11.1 Å². The highest BCUT2D eigenvalue weighted by atomic mass is 16.4. The lowest BCUT2D eigenvalue weighted by atomic mass is 10.1. The number of anilines is 2. The summed E-state index contributed by atoms with van der Waals surface area (Å²) in [7, 11) is 0. The first-order valence-corrected chi connectivity index (χ1v) is 11.5. The Morgan fingerprint density at radius 1 is 1.06 bits per heavy atom. The molecule has 1 aliphatic heterocycles. The van der Waals surface area contributed by atoms with Crippen molar-refractivity contribution in [2.24, 2.45) is 5.73 Å². The van der Waals surface area contributed by atoms with Crippen LogP contribution in [-0.2, 0) is 22.6 Å². The molecule has 9 heteroatoms. The number of fused-ring (bicyclic) bond motifs is 1. The van der Waals surface area contributed by atoms with Gasteiger partial charge in [-0.1, -0.05) is 48.5 Å². The molecule has 1 atom stereocenters. The van der Waals surface area contributed by atoms with Gasteiger partial charge in [0.25, 0.3) is 5.91 Å². The Bertz CT molecular complexity index is 1290. The van der Waals surface area contributed by atoms with Crippen molar-refractivity contribution in [2.75, 3.05) is 17.2 Å². The predicted octanol–water partition coefficient (Wildman–Crippen LogP) is 1.73. The highest BCUT2D eigenvalue weighted by molar-refractivity contribution is 6.05. The topological polar surface area (TPSA) is 151 Å². The maximum absolute atomic E-state index is 13.2. The highest BCUT2D eigenvalue weighted by Crippen LogP contribution is 2.28. The second kappa shape index (κ2) is 10.7. The fraction of sp³-hybridized carbons (Fsp3) is 0.185. The number of nitrogens with zero attached hydrogens (tertiary/aromatic N) is 1. The lowest BCUT2D eigenvalue weighted by Crippen LogP contribution is -2.44. The number of carbonyl (C=O) groups excluding carboxylic acids is 3. The molecule has 5 N–H and O–H groups in total. The number of hydrogen-bond acceptors (Lipinski definition) is 6. The smallest absolute Gasteiger partial charge is 0.255 e. The van der Waals surface area contributed by atoms with E-state index in [1.165, 1.54) is 0 Å². The third-order valence-electron chi connectivity index (χ3n) is 6.01. The Balaban J connectivity index is 1.53. The summed E-state index contributed by atoms with van der Waals surface area (Å²) < 4.78 is 0. The number of rotatable bonds is 8. The van der Waals surface area contributed by atoms with E-state index in [-0.39, 0.29) is 17.6 Å². The van der Waals surface area contributed by atoms with E-state index in [9.17, 15) is 19.5 Å². The maximum Gasteiger partial charge on any atom is 0.255 e. The van der Waals surface area contributed by atoms with E-state index >= 15 is 0 Å². The van der Waals surface area contributed by atoms with Crippen molar-refractivity contribution in [3.8, 4) is 0 Å². The molecule has 36 heavy (non-hydrogen) atoms. The van der Waals surface area contributed by atoms with E-state index in [1.807, 2.05) is 30.3 Å². The van der Waals surface area contributed by atoms with Gasteiger partial charge in [0.1, 0.15) is 11.9 Å². The number of nitrogens with two attached hydrogens (primary N) is 1. The van der Waals surface area contributed by atoms with Gasteiger partial charge in [-0.15, -0.1) is 0 Å². The molecule has 2 amide bonds. The van der Waals surface area contributed by atoms with Crippen LogP contribution in [0.25, 0.3) is 0 Å². The first-order chi connectivity index (χ1) is 17.3. The molecule has 1 aliphatic rings. The minimum absolute atomic E-state index is 0.0859. The molecule has 0 radical (unpaired) electrons. The lowest BCUT2D eigenvalue weighted by Gasteiger charge is -2.25. The molecule has 0 fully saturated rings. The van der Waals surface area contributed by atoms with Gasteiger partial charge in [0.05, 0.1) is 0 Å². The zero-order valence-corrected chi connectivity index (χ0v) is 19.5. The zero-order chi connectivity index (χ0) is 25.7. The summed E-state index contributed by atoms with van der Waals surface area (Å²) in [6.07, 6.45) is 0.162. The molecular weight excluding hydrogens is 458 g/mol. The van der Waals surface area contributed by atoms with Gasteiger partial charge in [0, 0.05) is 48.0 Å². The SMILES string of the molecule is N=C(N)c1ccc(C(=O)Nc2ccc3c(c2)NC(CC(=O)[O-])C(=O)N(CCc2ccccc2)C3)cc1. The quantitative estimate of drug-likeness (QED) is 0.282. The van der Waals surface area contributed by atoms with Gasteiger partial charge in [-0.3, -0.25) is 15.0 Å². The Hall–Kier alpha value is -4.66. The molecule has 3 aromatic carbocycles. The van der Waals surface area contributed by atoms with Crippen LogP contribution in [0.2, 0.25) is 0 Å². The molecule has 1 heterocycles. The average Bonchev–Trinajstić information content (AvgIpc) is 2.99. The molecule has 3 aromatic rings. The largest absolute Gasteiger partial charge is 0.550 e. The van der Waals surface area contributed by atoms with E-state index < -0.39 is 18.4 Å². The Kier molecular flexibility index (Phi) is 7.29. The normalized spacial score (nSPS) is 14.8. The summed E-state index contributed by atoms with van der Waals surface area (Å²) in [4.78, 5) is 38.9. The minimum atomic E-state index is -1.33. The molecule has 1 unspecified atom stereocenters. The van der Waals surface area contributed by atoms with Crippen LogP contribution in [0.4, 0.5) is 11.4 Å². The molecule has 0 bridgehead atoms. The van der Waals surface area contributed by atoms with Crippen LogP contribution in [0.1, 0.15) is 33.5 Å². The van der Waals surface area contributed by atoms with E-state index in [0.29, 0.717) is 42.0 Å². The molecule has 184 valence electrons. The number of nitrogen functional groups attached to an aromatic ring is 1. The van der Waals surface area contributed by atoms with Crippen LogP contribution in [0, 0.1) is 5.41 Å². The average molecular weight is 485 g/mol. The standard InChI is InChI=1S/C27H27N5O4/c28-25(29)18-6-8-19(9-7-18)26(35)30-21-11-10-20-16-32(13-12-17-4-2-1-3-5-17)27(36)23(15-24(33)34)31-22(20)14-21/h1-11,14,23,31H,12-13,15-16H2,(H3,28,29)(H,30,35)(H,33,34)/p-1. The molecule has 9 nitrogen and oxygen atoms in total. The third-order valence-corrected chi connectivity index (χ3v) is 6.01. The zero-order valence-electron chi connectivity index (χ0n) is 19.5. The molecule has 4 rings (SSSR count). The van der Waals surface area contributed by atoms with Crippen molar-refractivity contribution in [1.29, 1.82) is 5.41 Å². The van der Waals surface area contributed by atoms with Crippen molar-refractivity contribution in [1.82, 2.24) is 4.90 Å². The molecular formula is C27H26N5O4-. The minimum Gasteiger partial charge on any atom is -0.550 e. The van der Waals surface area contributed by atoms with Crippen molar-refractivity contribution in [3.05, 3.63) is 95.1 Å². The number of amidine groups is 1. The highest BCUT2D eigenvalue weighted by Gasteiger charge is 2.29. The number of aliphatic carboxylic acids is 1. The molecule has 0 saturated carbocycles. The summed E-state index contributed by atoms with van der Waals surface area (Å²) in [6.45, 7) is 0.737. The number of nitrogens with one attached hydrogen (secondary N) is 3. The van der Waals surface area contributed by atoms with Crippen LogP contribution >= 0.6 is 0 Å². The van der Waals surface area contributed by atoms with Gasteiger partial charge in [-0.25, -0.2) is 0 Å². The molecule has 0 aromatic heterocycles. The fourth-order valence-corrected chi connectivity index (χ4v) is 4.09. The van der Waals surface area contributed by atoms with E-state index in [0.717, 1.165) is 11.1 Å². The third kappa shape index (κ3) is 5.87. The Labute approximate surface area is 208 Å². The maximum atomic E-state index is 13.2. The first kappa shape index (κ1) is 24.5. The lowest BCUT2D eigenvalue weighted by molar-refractivity contribution is -0.305. The van der Waals surface area contributed by atoms with Gasteiger partial charge in [0.15, 0.2) is 0 Å². The second-order valence-corrected chi connectivity index (χ2v) is 8.59. The van der Waals surface area contributed by atoms with Crippen molar-refractivity contribution in [3.63, 3.8) is 0 Å². The first-order valence-electron chi connectivity index (χ1n) is 11.5. The van der Waals surface area contributed by atoms with Crippen LogP contribution in [-0.4, -0.2) is 41.1 Å². The summed E-state index contributed by atoms with van der Waals surface area (Å²) in [5.41, 5.74) is 9.30. The summed E-state index contributed by atoms with van der Waals surface area (Å²) in [5, 5.41) is 24.7. The van der Waals surface area contributed by atoms with Gasteiger partial charge in [-0.2, -0.15) is 0 Å². The number of carboxylic acids is 1. The van der Waals surface area contributed by atoms with E-state index in [1.54, 1.807) is 47.4 Å². The van der Waals surface area contributed by atoms with Gasteiger partial charge in [0.2, 0.25) is 5.91 Å². The van der Waals surface area contributed by atoms with Crippen LogP contribution in [0.15, 0.2) is 72.8 Å². The fourth-order valence-electron chi connectivity index (χ4n) is 4.09. The summed E-state index contributed by atoms with van der Waals surface area (Å²) >= 11 is 0. The Morgan fingerprint density at radius 3 is 2.42 bits per heavy atom. The van der Waals surface area contributed by atoms with Gasteiger partial charge in [-0.05, 0) is 41.8 Å². The van der Waals surface area contributed by atoms with Gasteiger partial charge < -0.3 is 31.2 Å². The van der Waals surface area contributed by atoms with E-state index in [2.05, 4.69) is 10.6 Å². The van der Waals surface area contributed by atoms with Crippen molar-refractivity contribution >= 4 is 35.0 Å². The van der Waals surface area contributed by atoms with Crippen molar-refractivity contribution in [2.45, 2.75) is 25.4 Å². The monoisotopic (exact) mass is 484 g/mol. The summed E-state index contributed by atoms with van der Waals surface area (Å²) in [5.74, 6) is -2.09. The van der Waals surface area contributed by atoms with Crippen LogP contribution in [0.5, 0.6) is 0 Å². The van der Waals surface area contributed by atoms with Crippen molar-refractivity contribution < 1.29 is 19.5 Å². The number of hydrogen-bond donors (Lipinski definition) is 4. The second-order valence-electron chi connectivity index (χ2n) is 8.59. The van der Waals surface area contributed by atoms with Crippen LogP contribution in [0.3, 0.4) is 0 Å². The molecule has 0 saturated heterocycles. The number of carboxylic acid groups (broad SMARTS) is 1. The predicted molar refractivity (Wildman–Crippen MR) is 134 cm³/mol. The number of carbonyl (C=O) groups is 3. The number of amides is 2. The van der Waals surface area contributed by atoms with Crippen LogP contribution < -0.4 is 21.5 Å². The summed E-state index contributed by atoms with van der Waals surface area (Å²) in [6, 6.07) is 20.3. The molecule has 0 aliphatic carbocycles. The van der Waals surface area contributed by atoms with Gasteiger partial charge >= 0.3 is 0 Å².